The van der Waals surface area contributed by atoms with Crippen LogP contribution in [0.3, 0.4) is 0 Å². The number of halogens is 1. The molecule has 1 spiro atoms. The highest BCUT2D eigenvalue weighted by Gasteiger charge is 2.46. The highest BCUT2D eigenvalue weighted by atomic mass is 35.5. The van der Waals surface area contributed by atoms with Crippen molar-refractivity contribution in [2.75, 3.05) is 18.0 Å². The predicted molar refractivity (Wildman–Crippen MR) is 134 cm³/mol. The summed E-state index contributed by atoms with van der Waals surface area (Å²) in [5.41, 5.74) is 11.0. The van der Waals surface area contributed by atoms with Gasteiger partial charge in [-0.15, -0.1) is 0 Å². The summed E-state index contributed by atoms with van der Waals surface area (Å²) in [4.78, 5) is 22.8. The van der Waals surface area contributed by atoms with Gasteiger partial charge < -0.3 is 10.6 Å². The highest BCUT2D eigenvalue weighted by molar-refractivity contribution is 7.99. The van der Waals surface area contributed by atoms with Gasteiger partial charge in [0.05, 0.1) is 15.6 Å². The third-order valence-electron chi connectivity index (χ3n) is 7.34. The van der Waals surface area contributed by atoms with Crippen molar-refractivity contribution in [1.29, 1.82) is 0 Å². The minimum atomic E-state index is 0.0523. The van der Waals surface area contributed by atoms with Gasteiger partial charge in [0.2, 0.25) is 5.95 Å². The van der Waals surface area contributed by atoms with Crippen LogP contribution in [-0.2, 0) is 12.8 Å². The van der Waals surface area contributed by atoms with Gasteiger partial charge in [0, 0.05) is 60.7 Å². The third-order valence-corrected chi connectivity index (χ3v) is 8.94. The van der Waals surface area contributed by atoms with Crippen molar-refractivity contribution in [3.8, 4) is 0 Å². The second-order valence-corrected chi connectivity index (χ2v) is 10.6. The van der Waals surface area contributed by atoms with Crippen LogP contribution in [0.25, 0.3) is 5.65 Å². The smallest absolute Gasteiger partial charge is 0.211 e. The van der Waals surface area contributed by atoms with E-state index in [-0.39, 0.29) is 11.5 Å². The normalized spacial score (nSPS) is 19.1. The standard InChI is InChI=1S/C25H26ClN7S/c1-2-17-21(26)19(5-9-29-17)34-20-15-31-24(33-13-10-30-23(20)33)32-11-6-25(7-12-32)14-18-16(22(25)27)4-3-8-28-18/h3-5,8-10,13,15,22H,2,6-7,11-12,14,27H2,1H3/t22-/m1/s1. The molecule has 0 aromatic carbocycles. The Bertz CT molecular complexity index is 1360. The Balaban J connectivity index is 1.25. The van der Waals surface area contributed by atoms with Crippen LogP contribution < -0.4 is 10.6 Å². The molecule has 6 rings (SSSR count). The van der Waals surface area contributed by atoms with Crippen LogP contribution in [0, 0.1) is 5.41 Å². The summed E-state index contributed by atoms with van der Waals surface area (Å²) < 4.78 is 2.08. The number of nitrogens with two attached hydrogens (primary N) is 1. The molecule has 5 heterocycles. The molecule has 174 valence electrons. The molecule has 9 heteroatoms. The molecule has 4 aromatic heterocycles. The maximum absolute atomic E-state index is 6.73. The first-order valence-electron chi connectivity index (χ1n) is 11.7. The van der Waals surface area contributed by atoms with E-state index < -0.39 is 0 Å². The topological polar surface area (TPSA) is 85.2 Å². The molecule has 7 nitrogen and oxygen atoms in total. The van der Waals surface area contributed by atoms with Crippen LogP contribution in [0.5, 0.6) is 0 Å². The van der Waals surface area contributed by atoms with Crippen molar-refractivity contribution in [1.82, 2.24) is 24.3 Å². The molecular formula is C25H26ClN7S. The highest BCUT2D eigenvalue weighted by Crippen LogP contribution is 2.50. The lowest BCUT2D eigenvalue weighted by atomic mass is 9.73. The molecule has 1 saturated heterocycles. The summed E-state index contributed by atoms with van der Waals surface area (Å²) in [6.07, 6.45) is 13.2. The summed E-state index contributed by atoms with van der Waals surface area (Å²) in [5, 5.41) is 0.702. The first-order valence-corrected chi connectivity index (χ1v) is 12.9. The van der Waals surface area contributed by atoms with Crippen LogP contribution >= 0.6 is 23.4 Å². The van der Waals surface area contributed by atoms with Crippen LogP contribution in [0.15, 0.2) is 59.0 Å². The summed E-state index contributed by atoms with van der Waals surface area (Å²) in [5.74, 6) is 0.920. The molecule has 0 bridgehead atoms. The molecule has 1 atom stereocenters. The summed E-state index contributed by atoms with van der Waals surface area (Å²) in [6, 6.07) is 6.13. The zero-order valence-electron chi connectivity index (χ0n) is 19.0. The molecule has 0 unspecified atom stereocenters. The lowest BCUT2D eigenvalue weighted by Crippen LogP contribution is -2.45. The molecule has 34 heavy (non-hydrogen) atoms. The van der Waals surface area contributed by atoms with Crippen LogP contribution in [0.2, 0.25) is 5.02 Å². The molecule has 0 radical (unpaired) electrons. The largest absolute Gasteiger partial charge is 0.342 e. The van der Waals surface area contributed by atoms with E-state index in [1.54, 1.807) is 11.8 Å². The number of pyridine rings is 2. The molecule has 0 amide bonds. The van der Waals surface area contributed by atoms with Crippen LogP contribution in [0.4, 0.5) is 5.95 Å². The Kier molecular flexibility index (Phi) is 5.47. The summed E-state index contributed by atoms with van der Waals surface area (Å²) in [7, 11) is 0. The first kappa shape index (κ1) is 21.8. The van der Waals surface area contributed by atoms with Crippen molar-refractivity contribution in [2.45, 2.75) is 48.4 Å². The Morgan fingerprint density at radius 1 is 1.09 bits per heavy atom. The monoisotopic (exact) mass is 491 g/mol. The number of hydrogen-bond donors (Lipinski definition) is 1. The van der Waals surface area contributed by atoms with Gasteiger partial charge in [-0.05, 0) is 48.8 Å². The molecule has 1 fully saturated rings. The second kappa shape index (κ2) is 8.52. The Labute approximate surface area is 207 Å². The van der Waals surface area contributed by atoms with E-state index in [9.17, 15) is 0 Å². The molecule has 2 aliphatic rings. The van der Waals surface area contributed by atoms with Crippen molar-refractivity contribution >= 4 is 35.0 Å². The van der Waals surface area contributed by atoms with Gasteiger partial charge in [-0.3, -0.25) is 14.4 Å². The lowest BCUT2D eigenvalue weighted by Gasteiger charge is -2.42. The zero-order valence-corrected chi connectivity index (χ0v) is 20.6. The Morgan fingerprint density at radius 2 is 1.94 bits per heavy atom. The van der Waals surface area contributed by atoms with Gasteiger partial charge in [0.1, 0.15) is 0 Å². The number of nitrogens with zero attached hydrogens (tertiary/aromatic N) is 6. The quantitative estimate of drug-likeness (QED) is 0.441. The number of imidazole rings is 1. The Morgan fingerprint density at radius 3 is 2.74 bits per heavy atom. The number of anilines is 1. The first-order chi connectivity index (χ1) is 16.6. The van der Waals surface area contributed by atoms with Gasteiger partial charge in [-0.25, -0.2) is 9.97 Å². The Hall–Kier alpha value is -2.68. The average Bonchev–Trinajstić information content (AvgIpc) is 3.46. The third kappa shape index (κ3) is 3.47. The SMILES string of the molecule is CCc1nccc(Sc2cnc(N3CCC4(CC3)Cc3ncccc3[C@H]4N)n3ccnc23)c1Cl. The summed E-state index contributed by atoms with van der Waals surface area (Å²) in [6.45, 7) is 3.87. The fraction of sp³-hybridized carbons (Fsp3) is 0.360. The van der Waals surface area contributed by atoms with Crippen molar-refractivity contribution in [3.05, 3.63) is 71.2 Å². The molecule has 2 N–H and O–H groups in total. The van der Waals surface area contributed by atoms with Gasteiger partial charge in [0.25, 0.3) is 0 Å². The van der Waals surface area contributed by atoms with E-state index in [2.05, 4.69) is 37.2 Å². The fourth-order valence-electron chi connectivity index (χ4n) is 5.39. The van der Waals surface area contributed by atoms with E-state index in [4.69, 9.17) is 22.3 Å². The number of piperidine rings is 1. The summed E-state index contributed by atoms with van der Waals surface area (Å²) >= 11 is 8.17. The molecule has 1 aliphatic carbocycles. The van der Waals surface area contributed by atoms with Crippen molar-refractivity contribution in [3.63, 3.8) is 0 Å². The van der Waals surface area contributed by atoms with Gasteiger partial charge in [-0.2, -0.15) is 0 Å². The number of aryl methyl sites for hydroxylation is 1. The van der Waals surface area contributed by atoms with Gasteiger partial charge in [0.15, 0.2) is 5.65 Å². The van der Waals surface area contributed by atoms with Crippen molar-refractivity contribution in [2.24, 2.45) is 11.1 Å². The maximum Gasteiger partial charge on any atom is 0.211 e. The number of aromatic nitrogens is 5. The fourth-order valence-corrected chi connectivity index (χ4v) is 6.68. The van der Waals surface area contributed by atoms with E-state index >= 15 is 0 Å². The van der Waals surface area contributed by atoms with E-state index in [0.29, 0.717) is 5.02 Å². The van der Waals surface area contributed by atoms with Crippen LogP contribution in [0.1, 0.15) is 42.8 Å². The maximum atomic E-state index is 6.73. The van der Waals surface area contributed by atoms with Crippen molar-refractivity contribution < 1.29 is 0 Å². The predicted octanol–water partition coefficient (Wildman–Crippen LogP) is 4.73. The van der Waals surface area contributed by atoms with Gasteiger partial charge >= 0.3 is 0 Å². The molecule has 4 aromatic rings. The molecule has 1 aliphatic heterocycles. The average molecular weight is 492 g/mol. The van der Waals surface area contributed by atoms with E-state index in [1.165, 1.54) is 11.3 Å². The molecular weight excluding hydrogens is 466 g/mol. The minimum absolute atomic E-state index is 0.0523. The second-order valence-electron chi connectivity index (χ2n) is 9.11. The minimum Gasteiger partial charge on any atom is -0.342 e. The number of rotatable bonds is 4. The van der Waals surface area contributed by atoms with Gasteiger partial charge in [-0.1, -0.05) is 36.4 Å². The molecule has 0 saturated carbocycles. The lowest BCUT2D eigenvalue weighted by molar-refractivity contribution is 0.186. The number of hydrogen-bond acceptors (Lipinski definition) is 7. The zero-order chi connectivity index (χ0) is 23.3. The van der Waals surface area contributed by atoms with Crippen LogP contribution in [-0.4, -0.2) is 37.4 Å². The van der Waals surface area contributed by atoms with E-state index in [0.717, 1.165) is 65.9 Å². The number of fused-ring (bicyclic) bond motifs is 2. The van der Waals surface area contributed by atoms with E-state index in [1.807, 2.05) is 43.1 Å².